The fourth-order valence-electron chi connectivity index (χ4n) is 5.47. The summed E-state index contributed by atoms with van der Waals surface area (Å²) in [6.07, 6.45) is 7.74. The van der Waals surface area contributed by atoms with Crippen LogP contribution in [0.15, 0.2) is 0 Å². The predicted molar refractivity (Wildman–Crippen MR) is 216 cm³/mol. The van der Waals surface area contributed by atoms with Crippen LogP contribution in [0.2, 0.25) is 0 Å². The molecule has 7 heteroatoms. The van der Waals surface area contributed by atoms with Crippen molar-refractivity contribution in [1.29, 1.82) is 0 Å². The van der Waals surface area contributed by atoms with Gasteiger partial charge in [0, 0.05) is 85.6 Å². The first-order valence-corrected chi connectivity index (χ1v) is 21.8. The van der Waals surface area contributed by atoms with Crippen molar-refractivity contribution >= 4 is 18.7 Å². The molecule has 0 aliphatic carbocycles. The average Bonchev–Trinajstić information content (AvgIpc) is 3.40. The smallest absolute Gasteiger partial charge is 0.333 e. The van der Waals surface area contributed by atoms with E-state index in [1.165, 1.54) is 107 Å². The third-order valence-electron chi connectivity index (χ3n) is 9.72. The zero-order chi connectivity index (χ0) is 37.7. The molecule has 2 saturated heterocycles. The Balaban J connectivity index is 0. The maximum absolute atomic E-state index is 2.32. The number of quaternary nitrogens is 3. The number of hydrogen-bond acceptors (Lipinski definition) is 0. The van der Waals surface area contributed by atoms with Gasteiger partial charge in [0.2, 0.25) is 11.4 Å². The number of piperidine rings is 1. The SMILES string of the molecule is CC1=[N+](C)C(C)[N+](C)=C1C.C[N+](C)(C)C.C[N+]1(C)CCCC1.C[N+]1(C)CCCCC1.C[P+](C)(C)C.Cc1c(C)c(C)[n+](C)c(C)c1C. The van der Waals surface area contributed by atoms with Gasteiger partial charge in [-0.3, -0.25) is 0 Å². The Morgan fingerprint density at radius 3 is 0.936 bits per heavy atom. The molecule has 0 amide bonds. The second-order valence-corrected chi connectivity index (χ2v) is 23.9. The van der Waals surface area contributed by atoms with E-state index in [0.717, 1.165) is 4.48 Å². The van der Waals surface area contributed by atoms with Gasteiger partial charge in [-0.2, -0.15) is 9.15 Å². The molecular formula is C40H88N6P+7. The highest BCUT2D eigenvalue weighted by molar-refractivity contribution is 7.73. The summed E-state index contributed by atoms with van der Waals surface area (Å²) in [7, 11) is 23.7. The summed E-state index contributed by atoms with van der Waals surface area (Å²) in [5, 5.41) is 0. The standard InChI is InChI=1S/C11H18N.C8H16N2.C7H16N.C6H14N.C4H12N.C4H12P/c1-7-8(2)10(4)12(6)11(5)9(7)3;1-6-7(2)10(5)8(3)9(6)4;1-8(2)6-4-3-5-7-8;1-7(2)5-3-4-6-7;2*1-5(2,3)4/h1-6H3;8H,1-5H3;3-7H2,1-2H3;3-6H2,1-2H3;2*1-4H3/q+1;+2;4*+1. The molecule has 1 aromatic rings. The second-order valence-electron chi connectivity index (χ2n) is 18.5. The fraction of sp³-hybridized carbons (Fsp3) is 0.825. The molecule has 0 unspecified atom stereocenters. The van der Waals surface area contributed by atoms with Crippen molar-refractivity contribution < 1.29 is 27.2 Å². The van der Waals surface area contributed by atoms with Gasteiger partial charge < -0.3 is 13.4 Å². The zero-order valence-corrected chi connectivity index (χ0v) is 37.5. The van der Waals surface area contributed by atoms with Gasteiger partial charge in [-0.15, -0.1) is 0 Å². The van der Waals surface area contributed by atoms with E-state index in [-0.39, 0.29) is 7.26 Å². The highest BCUT2D eigenvalue weighted by Gasteiger charge is 2.34. The van der Waals surface area contributed by atoms with Crippen LogP contribution in [0.4, 0.5) is 0 Å². The van der Waals surface area contributed by atoms with Crippen LogP contribution in [0.5, 0.6) is 0 Å². The number of rotatable bonds is 0. The molecule has 0 N–H and O–H groups in total. The Morgan fingerprint density at radius 2 is 0.766 bits per heavy atom. The van der Waals surface area contributed by atoms with E-state index in [4.69, 9.17) is 0 Å². The van der Waals surface area contributed by atoms with Crippen LogP contribution >= 0.6 is 7.26 Å². The first-order valence-electron chi connectivity index (χ1n) is 18.2. The van der Waals surface area contributed by atoms with Crippen molar-refractivity contribution in [2.24, 2.45) is 7.05 Å². The molecule has 0 atom stereocenters. The topological polar surface area (TPSA) is 9.90 Å². The second kappa shape index (κ2) is 20.5. The third kappa shape index (κ3) is 21.5. The van der Waals surface area contributed by atoms with Crippen LogP contribution in [-0.4, -0.2) is 164 Å². The van der Waals surface area contributed by atoms with E-state index in [1.807, 2.05) is 0 Å². The minimum Gasteiger partial charge on any atom is -0.333 e. The molecule has 276 valence electrons. The van der Waals surface area contributed by atoms with E-state index < -0.39 is 0 Å². The molecule has 3 aliphatic rings. The molecule has 0 spiro atoms. The van der Waals surface area contributed by atoms with Gasteiger partial charge >= 0.3 is 6.17 Å². The quantitative estimate of drug-likeness (QED) is 0.167. The molecule has 2 fully saturated rings. The molecule has 0 saturated carbocycles. The number of aromatic nitrogens is 1. The minimum absolute atomic E-state index is 0.389. The first kappa shape index (κ1) is 47.9. The van der Waals surface area contributed by atoms with E-state index in [9.17, 15) is 0 Å². The maximum Gasteiger partial charge on any atom is 0.340 e. The molecule has 4 heterocycles. The molecule has 3 aliphatic heterocycles. The van der Waals surface area contributed by atoms with Crippen LogP contribution in [0, 0.1) is 34.6 Å². The van der Waals surface area contributed by atoms with E-state index in [0.29, 0.717) is 6.17 Å². The molecule has 4 rings (SSSR count). The molecule has 0 bridgehead atoms. The Morgan fingerprint density at radius 1 is 0.532 bits per heavy atom. The van der Waals surface area contributed by atoms with Crippen LogP contribution < -0.4 is 4.57 Å². The summed E-state index contributed by atoms with van der Waals surface area (Å²) in [5.41, 5.74) is 9.78. The molecule has 6 nitrogen and oxygen atoms in total. The maximum atomic E-state index is 2.32. The lowest BCUT2D eigenvalue weighted by molar-refractivity contribution is -0.894. The van der Waals surface area contributed by atoms with Crippen molar-refractivity contribution in [1.82, 2.24) is 0 Å². The summed E-state index contributed by atoms with van der Waals surface area (Å²) < 4.78 is 10.3. The van der Waals surface area contributed by atoms with Crippen molar-refractivity contribution in [2.45, 2.75) is 93.7 Å². The average molecular weight is 684 g/mol. The minimum atomic E-state index is -0.389. The van der Waals surface area contributed by atoms with E-state index in [1.54, 1.807) is 0 Å². The van der Waals surface area contributed by atoms with Crippen LogP contribution in [0.3, 0.4) is 0 Å². The first-order chi connectivity index (χ1) is 20.9. The lowest BCUT2D eigenvalue weighted by Gasteiger charge is -2.33. The third-order valence-corrected chi connectivity index (χ3v) is 9.72. The van der Waals surface area contributed by atoms with Gasteiger partial charge in [-0.25, -0.2) is 4.57 Å². The van der Waals surface area contributed by atoms with Gasteiger partial charge in [0.25, 0.3) is 0 Å². The van der Waals surface area contributed by atoms with Crippen molar-refractivity contribution in [3.63, 3.8) is 0 Å². The van der Waals surface area contributed by atoms with E-state index in [2.05, 4.69) is 173 Å². The number of likely N-dealkylation sites (tertiary alicyclic amines) is 2. The van der Waals surface area contributed by atoms with Gasteiger partial charge in [-0.1, -0.05) is 0 Å². The molecule has 0 radical (unpaired) electrons. The van der Waals surface area contributed by atoms with Crippen LogP contribution in [-0.2, 0) is 7.05 Å². The summed E-state index contributed by atoms with van der Waals surface area (Å²) in [5.74, 6) is 0. The molecule has 1 aromatic heterocycles. The Labute approximate surface area is 297 Å². The van der Waals surface area contributed by atoms with Crippen LogP contribution in [0.1, 0.15) is 81.0 Å². The predicted octanol–water partition coefficient (Wildman–Crippen LogP) is 6.55. The van der Waals surface area contributed by atoms with Gasteiger partial charge in [0.05, 0.1) is 89.5 Å². The molecule has 47 heavy (non-hydrogen) atoms. The Bertz CT molecular complexity index is 994. The molecular weight excluding hydrogens is 595 g/mol. The normalized spacial score (nSPS) is 18.7. The Kier molecular flexibility index (Phi) is 20.9. The molecule has 0 aromatic carbocycles. The van der Waals surface area contributed by atoms with E-state index >= 15 is 0 Å². The summed E-state index contributed by atoms with van der Waals surface area (Å²) in [6.45, 7) is 32.2. The Hall–Kier alpha value is -1.20. The van der Waals surface area contributed by atoms with Crippen molar-refractivity contribution in [2.75, 3.05) is 123 Å². The zero-order valence-electron chi connectivity index (χ0n) is 36.6. The summed E-state index contributed by atoms with van der Waals surface area (Å²) in [6, 6.07) is 0. The van der Waals surface area contributed by atoms with Gasteiger partial charge in [0.1, 0.15) is 21.1 Å². The lowest BCUT2D eigenvalue weighted by atomic mass is 10.0. The van der Waals surface area contributed by atoms with Crippen molar-refractivity contribution in [3.8, 4) is 0 Å². The van der Waals surface area contributed by atoms with Gasteiger partial charge in [0.15, 0.2) is 11.4 Å². The largest absolute Gasteiger partial charge is 0.340 e. The lowest BCUT2D eigenvalue weighted by Crippen LogP contribution is -2.43. The number of hydrogen-bond donors (Lipinski definition) is 0. The summed E-state index contributed by atoms with van der Waals surface area (Å²) in [4.78, 5) is 0. The summed E-state index contributed by atoms with van der Waals surface area (Å²) >= 11 is 0. The highest BCUT2D eigenvalue weighted by Crippen LogP contribution is 2.40. The monoisotopic (exact) mass is 684 g/mol. The fourth-order valence-corrected chi connectivity index (χ4v) is 5.47. The number of pyridine rings is 1. The van der Waals surface area contributed by atoms with Gasteiger partial charge in [-0.05, 0) is 45.6 Å². The highest BCUT2D eigenvalue weighted by atomic mass is 31.2. The van der Waals surface area contributed by atoms with Crippen molar-refractivity contribution in [3.05, 3.63) is 28.1 Å². The number of nitrogens with zero attached hydrogens (tertiary/aromatic N) is 6. The van der Waals surface area contributed by atoms with Crippen LogP contribution in [0.25, 0.3) is 0 Å².